The van der Waals surface area contributed by atoms with Crippen LogP contribution in [0.1, 0.15) is 5.76 Å². The summed E-state index contributed by atoms with van der Waals surface area (Å²) in [4.78, 5) is 22.6. The Morgan fingerprint density at radius 1 is 1.27 bits per heavy atom. The Morgan fingerprint density at radius 3 is 2.67 bits per heavy atom. The summed E-state index contributed by atoms with van der Waals surface area (Å²) in [6.45, 7) is 0. The van der Waals surface area contributed by atoms with E-state index in [-0.39, 0.29) is 33.5 Å². The van der Waals surface area contributed by atoms with Gasteiger partial charge in [-0.2, -0.15) is 5.26 Å². The summed E-state index contributed by atoms with van der Waals surface area (Å²) in [6, 6.07) is 12.8. The second-order valence-corrected chi connectivity index (χ2v) is 7.19. The van der Waals surface area contributed by atoms with E-state index in [1.807, 2.05) is 0 Å². The molecule has 0 saturated carbocycles. The third kappa shape index (κ3) is 4.74. The Labute approximate surface area is 182 Å². The van der Waals surface area contributed by atoms with Crippen LogP contribution in [0.2, 0.25) is 5.02 Å². The Hall–Kier alpha value is -3.48. The number of nitriles is 1. The number of rotatable bonds is 5. The van der Waals surface area contributed by atoms with Crippen molar-refractivity contribution < 1.29 is 18.5 Å². The zero-order chi connectivity index (χ0) is 21.8. The van der Waals surface area contributed by atoms with Crippen molar-refractivity contribution in [3.63, 3.8) is 0 Å². The molecule has 0 aliphatic rings. The summed E-state index contributed by atoms with van der Waals surface area (Å²) in [5, 5.41) is 22.5. The molecule has 30 heavy (non-hydrogen) atoms. The second kappa shape index (κ2) is 8.90. The van der Waals surface area contributed by atoms with Gasteiger partial charge in [0, 0.05) is 28.2 Å². The monoisotopic (exact) mass is 489 g/mol. The van der Waals surface area contributed by atoms with Crippen LogP contribution in [0.3, 0.4) is 0 Å². The quantitative estimate of drug-likeness (QED) is 0.205. The molecular formula is C20H10BrClFN3O4. The first-order chi connectivity index (χ1) is 14.3. The Bertz CT molecular complexity index is 1230. The molecule has 0 spiro atoms. The highest BCUT2D eigenvalue weighted by molar-refractivity contribution is 9.10. The number of hydrogen-bond donors (Lipinski definition) is 1. The Kier molecular flexibility index (Phi) is 6.30. The number of carbonyl (C=O) groups is 1. The van der Waals surface area contributed by atoms with Crippen LogP contribution in [0.15, 0.2) is 63.0 Å². The van der Waals surface area contributed by atoms with Crippen molar-refractivity contribution >= 4 is 50.9 Å². The summed E-state index contributed by atoms with van der Waals surface area (Å²) in [5.74, 6) is -1.02. The van der Waals surface area contributed by atoms with Gasteiger partial charge in [-0.15, -0.1) is 0 Å². The van der Waals surface area contributed by atoms with Crippen molar-refractivity contribution in [2.24, 2.45) is 0 Å². The lowest BCUT2D eigenvalue weighted by Gasteiger charge is -2.05. The van der Waals surface area contributed by atoms with Crippen molar-refractivity contribution in [1.82, 2.24) is 0 Å². The molecule has 3 rings (SSSR count). The van der Waals surface area contributed by atoms with Crippen LogP contribution in [0, 0.1) is 27.3 Å². The highest BCUT2D eigenvalue weighted by atomic mass is 79.9. The maximum Gasteiger partial charge on any atom is 0.270 e. The molecule has 10 heteroatoms. The number of nitrogens with zero attached hydrogens (tertiary/aromatic N) is 2. The number of halogens is 3. The topological polar surface area (TPSA) is 109 Å². The van der Waals surface area contributed by atoms with Crippen molar-refractivity contribution in [2.45, 2.75) is 0 Å². The van der Waals surface area contributed by atoms with E-state index in [0.717, 1.165) is 0 Å². The van der Waals surface area contributed by atoms with Gasteiger partial charge in [0.25, 0.3) is 11.6 Å². The van der Waals surface area contributed by atoms with Gasteiger partial charge in [0.15, 0.2) is 0 Å². The predicted octanol–water partition coefficient (Wildman–Crippen LogP) is 5.96. The number of furan rings is 1. The summed E-state index contributed by atoms with van der Waals surface area (Å²) in [5.41, 5.74) is -0.156. The molecule has 0 unspecified atom stereocenters. The van der Waals surface area contributed by atoms with Crippen LogP contribution >= 0.6 is 27.5 Å². The number of nitrogens with one attached hydrogen (secondary N) is 1. The molecule has 1 amide bonds. The number of nitro benzene ring substituents is 1. The number of benzene rings is 2. The molecule has 1 heterocycles. The van der Waals surface area contributed by atoms with E-state index < -0.39 is 16.6 Å². The van der Waals surface area contributed by atoms with E-state index in [4.69, 9.17) is 16.0 Å². The van der Waals surface area contributed by atoms with E-state index in [1.165, 1.54) is 42.5 Å². The lowest BCUT2D eigenvalue weighted by molar-refractivity contribution is -0.384. The molecule has 0 fully saturated rings. The molecule has 7 nitrogen and oxygen atoms in total. The molecule has 3 aromatic rings. The van der Waals surface area contributed by atoms with E-state index in [2.05, 4.69) is 21.2 Å². The first-order valence-corrected chi connectivity index (χ1v) is 9.38. The van der Waals surface area contributed by atoms with Crippen molar-refractivity contribution in [1.29, 1.82) is 5.26 Å². The fourth-order valence-corrected chi connectivity index (χ4v) is 3.06. The van der Waals surface area contributed by atoms with Gasteiger partial charge >= 0.3 is 0 Å². The third-order valence-corrected chi connectivity index (χ3v) is 4.69. The minimum Gasteiger partial charge on any atom is -0.457 e. The number of carbonyl (C=O) groups excluding carboxylic acids is 1. The Morgan fingerprint density at radius 2 is 2.03 bits per heavy atom. The minimum absolute atomic E-state index is 0.0813. The second-order valence-electron chi connectivity index (χ2n) is 5.87. The number of nitro groups is 1. The van der Waals surface area contributed by atoms with Crippen LogP contribution < -0.4 is 5.32 Å². The standard InChI is InChI=1S/C20H10BrClFN3O4/c21-12-1-5-18(17(23)8-12)25-20(27)11(10-24)7-14-3-6-19(30-14)15-4-2-13(26(28)29)9-16(15)22/h1-9H,(H,25,27)/b11-7+. The first-order valence-electron chi connectivity index (χ1n) is 8.21. The normalized spacial score (nSPS) is 11.1. The molecule has 0 saturated heterocycles. The van der Waals surface area contributed by atoms with Crippen molar-refractivity contribution in [2.75, 3.05) is 5.32 Å². The van der Waals surface area contributed by atoms with E-state index in [1.54, 1.807) is 18.2 Å². The average molecular weight is 491 g/mol. The highest BCUT2D eigenvalue weighted by Gasteiger charge is 2.16. The predicted molar refractivity (Wildman–Crippen MR) is 112 cm³/mol. The van der Waals surface area contributed by atoms with Gasteiger partial charge in [-0.3, -0.25) is 14.9 Å². The maximum absolute atomic E-state index is 13.9. The van der Waals surface area contributed by atoms with Gasteiger partial charge in [-0.25, -0.2) is 4.39 Å². The number of anilines is 1. The number of non-ortho nitro benzene ring substituents is 1. The van der Waals surface area contributed by atoms with Crippen LogP contribution in [-0.4, -0.2) is 10.8 Å². The summed E-state index contributed by atoms with van der Waals surface area (Å²) in [6.07, 6.45) is 1.19. The molecule has 0 aliphatic heterocycles. The summed E-state index contributed by atoms with van der Waals surface area (Å²) in [7, 11) is 0. The zero-order valence-corrected chi connectivity index (χ0v) is 17.2. The maximum atomic E-state index is 13.9. The summed E-state index contributed by atoms with van der Waals surface area (Å²) < 4.78 is 20.0. The fourth-order valence-electron chi connectivity index (χ4n) is 2.46. The lowest BCUT2D eigenvalue weighted by atomic mass is 10.1. The summed E-state index contributed by atoms with van der Waals surface area (Å²) >= 11 is 9.20. The number of hydrogen-bond acceptors (Lipinski definition) is 5. The van der Waals surface area contributed by atoms with Crippen molar-refractivity contribution in [3.05, 3.63) is 85.3 Å². The van der Waals surface area contributed by atoms with Crippen LogP contribution in [0.5, 0.6) is 0 Å². The van der Waals surface area contributed by atoms with Gasteiger partial charge in [-0.05, 0) is 36.4 Å². The molecule has 0 bridgehead atoms. The zero-order valence-electron chi connectivity index (χ0n) is 14.9. The van der Waals surface area contributed by atoms with E-state index in [0.29, 0.717) is 10.0 Å². The Balaban J connectivity index is 1.84. The highest BCUT2D eigenvalue weighted by Crippen LogP contribution is 2.32. The van der Waals surface area contributed by atoms with E-state index in [9.17, 15) is 24.6 Å². The lowest BCUT2D eigenvalue weighted by Crippen LogP contribution is -2.14. The smallest absolute Gasteiger partial charge is 0.270 e. The van der Waals surface area contributed by atoms with Gasteiger partial charge in [-0.1, -0.05) is 27.5 Å². The van der Waals surface area contributed by atoms with Gasteiger partial charge in [0.1, 0.15) is 29.0 Å². The van der Waals surface area contributed by atoms with Crippen LogP contribution in [-0.2, 0) is 4.79 Å². The molecule has 0 aliphatic carbocycles. The SMILES string of the molecule is N#C/C(=C\c1ccc(-c2ccc([N+](=O)[O-])cc2Cl)o1)C(=O)Nc1ccc(Br)cc1F. The van der Waals surface area contributed by atoms with Crippen LogP contribution in [0.4, 0.5) is 15.8 Å². The molecular weight excluding hydrogens is 481 g/mol. The van der Waals surface area contributed by atoms with Crippen LogP contribution in [0.25, 0.3) is 17.4 Å². The molecule has 2 aromatic carbocycles. The van der Waals surface area contributed by atoms with Gasteiger partial charge in [0.05, 0.1) is 15.6 Å². The third-order valence-electron chi connectivity index (χ3n) is 3.89. The molecule has 0 radical (unpaired) electrons. The molecule has 150 valence electrons. The van der Waals surface area contributed by atoms with Gasteiger partial charge in [0.2, 0.25) is 0 Å². The van der Waals surface area contributed by atoms with Gasteiger partial charge < -0.3 is 9.73 Å². The number of amides is 1. The average Bonchev–Trinajstić information content (AvgIpc) is 3.16. The largest absolute Gasteiger partial charge is 0.457 e. The van der Waals surface area contributed by atoms with E-state index >= 15 is 0 Å². The first kappa shape index (κ1) is 21.2. The fraction of sp³-hybridized carbons (Fsp3) is 0. The van der Waals surface area contributed by atoms with Crippen molar-refractivity contribution in [3.8, 4) is 17.4 Å². The molecule has 0 atom stereocenters. The minimum atomic E-state index is -0.815. The molecule has 1 aromatic heterocycles. The molecule has 1 N–H and O–H groups in total.